The number of para-hydroxylation sites is 1. The number of benzene rings is 1. The van der Waals surface area contributed by atoms with Crippen molar-refractivity contribution >= 4 is 35.3 Å². The van der Waals surface area contributed by atoms with Crippen molar-refractivity contribution in [2.45, 2.75) is 0 Å². The average molecular weight is 273 g/mol. The molecular formula is C13H12BNO5. The third-order valence-electron chi connectivity index (χ3n) is 4.19. The molecule has 102 valence electrons. The van der Waals surface area contributed by atoms with Crippen LogP contribution in [0.2, 0.25) is 0 Å². The number of rotatable bonds is 1. The van der Waals surface area contributed by atoms with Crippen molar-refractivity contribution in [3.8, 4) is 0 Å². The van der Waals surface area contributed by atoms with Crippen molar-refractivity contribution in [2.24, 2.45) is 0 Å². The molecule has 2 fully saturated rings. The molecular weight excluding hydrogens is 261 g/mol. The molecule has 0 saturated carbocycles. The Balaban J connectivity index is 1.94. The zero-order valence-electron chi connectivity index (χ0n) is 10.9. The maximum atomic E-state index is 11.7. The smallest absolute Gasteiger partial charge is 0.594 e. The highest BCUT2D eigenvalue weighted by Gasteiger charge is 2.68. The minimum atomic E-state index is -2.27. The zero-order chi connectivity index (χ0) is 14.0. The Bertz CT molecular complexity index is 699. The van der Waals surface area contributed by atoms with Crippen molar-refractivity contribution < 1.29 is 27.7 Å². The lowest BCUT2D eigenvalue weighted by Gasteiger charge is -2.38. The van der Waals surface area contributed by atoms with Crippen LogP contribution in [0.3, 0.4) is 0 Å². The molecule has 0 radical (unpaired) electrons. The highest BCUT2D eigenvalue weighted by Crippen LogP contribution is 2.34. The van der Waals surface area contributed by atoms with Gasteiger partial charge < -0.3 is 18.1 Å². The van der Waals surface area contributed by atoms with Crippen molar-refractivity contribution in [3.05, 3.63) is 30.3 Å². The summed E-state index contributed by atoms with van der Waals surface area (Å²) < 4.78 is 16.7. The first-order chi connectivity index (χ1) is 9.52. The Morgan fingerprint density at radius 3 is 2.40 bits per heavy atom. The Morgan fingerprint density at radius 1 is 1.10 bits per heavy atom. The highest BCUT2D eigenvalue weighted by molar-refractivity contribution is 6.78. The molecule has 1 aromatic carbocycles. The molecule has 0 spiro atoms. The standard InChI is InChI=1S/C13H12BNO5/c1-15-7-12(16)19-14(15,20-13(17)8-15)11-6-9-4-2-3-5-10(9)18-11/h2-6H,7-8H2,1H3. The molecule has 0 aliphatic carbocycles. The molecule has 2 aliphatic heterocycles. The molecule has 6 nitrogen and oxygen atoms in total. The highest BCUT2D eigenvalue weighted by atomic mass is 16.7. The van der Waals surface area contributed by atoms with Crippen LogP contribution in [0.1, 0.15) is 0 Å². The number of nitrogens with zero attached hydrogens (tertiary/aromatic N) is 1. The minimum absolute atomic E-state index is 0.0947. The van der Waals surface area contributed by atoms with Gasteiger partial charge in [0.15, 0.2) is 0 Å². The molecule has 0 bridgehead atoms. The van der Waals surface area contributed by atoms with E-state index in [0.29, 0.717) is 11.2 Å². The molecule has 0 unspecified atom stereocenters. The number of likely N-dealkylation sites (N-methyl/N-ethyl adjacent to an activating group) is 1. The van der Waals surface area contributed by atoms with Crippen LogP contribution in [0.25, 0.3) is 11.0 Å². The van der Waals surface area contributed by atoms with Crippen LogP contribution in [0.15, 0.2) is 34.7 Å². The van der Waals surface area contributed by atoms with Crippen LogP contribution in [0.5, 0.6) is 0 Å². The fourth-order valence-corrected chi connectivity index (χ4v) is 3.20. The summed E-state index contributed by atoms with van der Waals surface area (Å²) in [6.07, 6.45) is 0. The molecule has 0 N–H and O–H groups in total. The van der Waals surface area contributed by atoms with Gasteiger partial charge in [0.2, 0.25) is 0 Å². The second kappa shape index (κ2) is 3.43. The molecule has 1 aromatic heterocycles. The lowest BCUT2D eigenvalue weighted by Crippen LogP contribution is -2.67. The summed E-state index contributed by atoms with van der Waals surface area (Å²) in [5, 5.41) is 0.885. The molecule has 0 amide bonds. The second-order valence-corrected chi connectivity index (χ2v) is 5.63. The van der Waals surface area contributed by atoms with Crippen LogP contribution in [0.4, 0.5) is 0 Å². The van der Waals surface area contributed by atoms with Gasteiger partial charge in [-0.05, 0) is 12.1 Å². The van der Waals surface area contributed by atoms with E-state index in [4.69, 9.17) is 13.7 Å². The fraction of sp³-hybridized carbons (Fsp3) is 0.231. The lowest BCUT2D eigenvalue weighted by atomic mass is 9.65. The van der Waals surface area contributed by atoms with Gasteiger partial charge >= 0.3 is 18.6 Å². The molecule has 2 saturated heterocycles. The van der Waals surface area contributed by atoms with Gasteiger partial charge in [0.1, 0.15) is 24.3 Å². The third-order valence-corrected chi connectivity index (χ3v) is 4.19. The SMILES string of the molecule is C[N+]12CC(=O)O[B-]1(c1cc3ccccc3o1)OC(=O)C2. The monoisotopic (exact) mass is 273 g/mol. The molecule has 2 aromatic rings. The maximum absolute atomic E-state index is 11.7. The topological polar surface area (TPSA) is 65.7 Å². The molecule has 0 atom stereocenters. The van der Waals surface area contributed by atoms with E-state index >= 15 is 0 Å². The second-order valence-electron chi connectivity index (χ2n) is 5.63. The lowest BCUT2D eigenvalue weighted by molar-refractivity contribution is -0.791. The first-order valence-corrected chi connectivity index (χ1v) is 6.43. The fourth-order valence-electron chi connectivity index (χ4n) is 3.20. The summed E-state index contributed by atoms with van der Waals surface area (Å²) in [6, 6.07) is 9.25. The summed E-state index contributed by atoms with van der Waals surface area (Å²) in [7, 11) is 1.78. The summed E-state index contributed by atoms with van der Waals surface area (Å²) in [4.78, 5) is 23.4. The van der Waals surface area contributed by atoms with Crippen LogP contribution in [0, 0.1) is 0 Å². The third kappa shape index (κ3) is 1.27. The van der Waals surface area contributed by atoms with Gasteiger partial charge in [-0.2, -0.15) is 0 Å². The van der Waals surface area contributed by atoms with E-state index in [1.165, 1.54) is 0 Å². The minimum Gasteiger partial charge on any atom is -0.594 e. The van der Waals surface area contributed by atoms with E-state index in [-0.39, 0.29) is 29.4 Å². The van der Waals surface area contributed by atoms with Crippen LogP contribution >= 0.6 is 0 Å². The van der Waals surface area contributed by atoms with E-state index in [0.717, 1.165) is 5.39 Å². The summed E-state index contributed by atoms with van der Waals surface area (Å²) in [5.74, 6) is -0.749. The summed E-state index contributed by atoms with van der Waals surface area (Å²) >= 11 is 0. The number of hydrogen-bond acceptors (Lipinski definition) is 5. The van der Waals surface area contributed by atoms with E-state index < -0.39 is 6.69 Å². The molecule has 4 rings (SSSR count). The number of hydrogen-bond donors (Lipinski definition) is 0. The Hall–Kier alpha value is -2.28. The number of carbonyl (C=O) groups excluding carboxylic acids is 2. The predicted molar refractivity (Wildman–Crippen MR) is 69.7 cm³/mol. The Kier molecular flexibility index (Phi) is 1.98. The van der Waals surface area contributed by atoms with Gasteiger partial charge in [-0.3, -0.25) is 9.59 Å². The van der Waals surface area contributed by atoms with Crippen molar-refractivity contribution in [2.75, 3.05) is 20.1 Å². The van der Waals surface area contributed by atoms with Crippen molar-refractivity contribution in [1.29, 1.82) is 0 Å². The Labute approximate surface area is 114 Å². The normalized spacial score (nSPS) is 32.2. The van der Waals surface area contributed by atoms with Gasteiger partial charge in [-0.1, -0.05) is 18.2 Å². The predicted octanol–water partition coefficient (Wildman–Crippen LogP) is 0.139. The molecule has 2 aliphatic rings. The summed E-state index contributed by atoms with van der Waals surface area (Å²) in [5.41, 5.74) is 1.08. The molecule has 3 heterocycles. The molecule has 7 heteroatoms. The Morgan fingerprint density at radius 2 is 1.75 bits per heavy atom. The van der Waals surface area contributed by atoms with Gasteiger partial charge in [0.25, 0.3) is 0 Å². The van der Waals surface area contributed by atoms with Crippen LogP contribution in [-0.2, 0) is 18.9 Å². The molecule has 20 heavy (non-hydrogen) atoms. The quantitative estimate of drug-likeness (QED) is 0.691. The number of fused-ring (bicyclic) bond motifs is 2. The first kappa shape index (κ1) is 11.5. The van der Waals surface area contributed by atoms with Gasteiger partial charge in [-0.15, -0.1) is 0 Å². The van der Waals surface area contributed by atoms with E-state index in [1.54, 1.807) is 13.1 Å². The van der Waals surface area contributed by atoms with Crippen LogP contribution in [-0.4, -0.2) is 43.2 Å². The maximum Gasteiger partial charge on any atom is 0.648 e. The summed E-state index contributed by atoms with van der Waals surface area (Å²) in [6.45, 7) is -2.04. The van der Waals surface area contributed by atoms with Crippen molar-refractivity contribution in [1.82, 2.24) is 0 Å². The van der Waals surface area contributed by atoms with Crippen LogP contribution < -0.4 is 5.66 Å². The number of carbonyl (C=O) groups is 2. The largest absolute Gasteiger partial charge is 0.648 e. The zero-order valence-corrected chi connectivity index (χ0v) is 10.9. The average Bonchev–Trinajstić information content (AvgIpc) is 2.95. The van der Waals surface area contributed by atoms with E-state index in [2.05, 4.69) is 0 Å². The number of quaternary nitrogens is 1. The van der Waals surface area contributed by atoms with E-state index in [1.807, 2.05) is 24.3 Å². The number of furan rings is 1. The van der Waals surface area contributed by atoms with Gasteiger partial charge in [0, 0.05) is 12.4 Å². The van der Waals surface area contributed by atoms with Crippen molar-refractivity contribution in [3.63, 3.8) is 0 Å². The first-order valence-electron chi connectivity index (χ1n) is 6.43. The van der Waals surface area contributed by atoms with Gasteiger partial charge in [0.05, 0.1) is 0 Å². The van der Waals surface area contributed by atoms with Gasteiger partial charge in [-0.25, -0.2) is 0 Å². The van der Waals surface area contributed by atoms with E-state index in [9.17, 15) is 9.59 Å².